The molecule has 2 aromatic rings. The third-order valence-electron chi connectivity index (χ3n) is 4.39. The number of rotatable bonds is 5. The van der Waals surface area contributed by atoms with Crippen molar-refractivity contribution in [1.29, 1.82) is 0 Å². The van der Waals surface area contributed by atoms with Gasteiger partial charge in [0, 0.05) is 30.7 Å². The van der Waals surface area contributed by atoms with E-state index in [2.05, 4.69) is 18.0 Å². The van der Waals surface area contributed by atoms with E-state index >= 15 is 0 Å². The van der Waals surface area contributed by atoms with Gasteiger partial charge in [-0.25, -0.2) is 0 Å². The molecule has 1 atom stereocenters. The molecule has 1 aliphatic carbocycles. The van der Waals surface area contributed by atoms with E-state index in [-0.39, 0.29) is 12.0 Å². The van der Waals surface area contributed by atoms with Crippen LogP contribution >= 0.6 is 0 Å². The van der Waals surface area contributed by atoms with Gasteiger partial charge in [0.15, 0.2) is 0 Å². The lowest BCUT2D eigenvalue weighted by Gasteiger charge is -2.20. The number of nitrogens with one attached hydrogen (secondary N) is 1. The van der Waals surface area contributed by atoms with Crippen LogP contribution in [0.5, 0.6) is 0 Å². The van der Waals surface area contributed by atoms with Crippen molar-refractivity contribution in [3.8, 4) is 0 Å². The van der Waals surface area contributed by atoms with Crippen molar-refractivity contribution in [3.63, 3.8) is 0 Å². The van der Waals surface area contributed by atoms with Crippen molar-refractivity contribution in [2.45, 2.75) is 32.3 Å². The van der Waals surface area contributed by atoms with Gasteiger partial charge >= 0.3 is 0 Å². The Bertz CT molecular complexity index is 658. The molecule has 1 aromatic heterocycles. The molecular weight excluding hydrogens is 264 g/mol. The second kappa shape index (κ2) is 5.53. The van der Waals surface area contributed by atoms with Crippen LogP contribution in [0.15, 0.2) is 24.4 Å². The molecule has 0 aliphatic heterocycles. The second-order valence-corrected chi connectivity index (χ2v) is 6.17. The summed E-state index contributed by atoms with van der Waals surface area (Å²) < 4.78 is 0. The van der Waals surface area contributed by atoms with Gasteiger partial charge in [-0.1, -0.05) is 12.1 Å². The van der Waals surface area contributed by atoms with Crippen molar-refractivity contribution in [1.82, 2.24) is 9.88 Å². The van der Waals surface area contributed by atoms with E-state index in [0.29, 0.717) is 18.9 Å². The summed E-state index contributed by atoms with van der Waals surface area (Å²) in [6, 6.07) is 6.10. The predicted octanol–water partition coefficient (Wildman–Crippen LogP) is 2.25. The smallest absolute Gasteiger partial charge is 0.226 e. The molecule has 0 bridgehead atoms. The van der Waals surface area contributed by atoms with E-state index in [4.69, 9.17) is 0 Å². The molecule has 3 rings (SSSR count). The first kappa shape index (κ1) is 14.1. The molecule has 0 saturated heterocycles. The molecule has 1 heterocycles. The standard InChI is InChI=1S/C17H22N2O2/c1-11-4-3-5-14-17(11)13(9-18-14)8-16(21)19(2)10-15(20)12-6-7-12/h3-5,9,12,15,18,20H,6-8,10H2,1-2H3. The highest BCUT2D eigenvalue weighted by molar-refractivity contribution is 5.91. The molecule has 21 heavy (non-hydrogen) atoms. The fourth-order valence-electron chi connectivity index (χ4n) is 2.90. The van der Waals surface area contributed by atoms with Crippen LogP contribution in [0.25, 0.3) is 10.9 Å². The molecule has 1 saturated carbocycles. The van der Waals surface area contributed by atoms with Gasteiger partial charge < -0.3 is 15.0 Å². The quantitative estimate of drug-likeness (QED) is 0.885. The highest BCUT2D eigenvalue weighted by atomic mass is 16.3. The molecule has 4 heteroatoms. The highest BCUT2D eigenvalue weighted by Gasteiger charge is 2.31. The van der Waals surface area contributed by atoms with Gasteiger partial charge in [-0.05, 0) is 42.9 Å². The zero-order valence-electron chi connectivity index (χ0n) is 12.6. The Morgan fingerprint density at radius 2 is 2.24 bits per heavy atom. The van der Waals surface area contributed by atoms with Gasteiger partial charge in [0.1, 0.15) is 0 Å². The molecule has 112 valence electrons. The van der Waals surface area contributed by atoms with Crippen LogP contribution in [0.1, 0.15) is 24.0 Å². The van der Waals surface area contributed by atoms with E-state index in [1.807, 2.05) is 18.3 Å². The maximum atomic E-state index is 12.3. The molecule has 1 amide bonds. The van der Waals surface area contributed by atoms with Gasteiger partial charge in [0.05, 0.1) is 12.5 Å². The number of aryl methyl sites for hydroxylation is 1. The summed E-state index contributed by atoms with van der Waals surface area (Å²) in [5.41, 5.74) is 3.27. The molecule has 0 radical (unpaired) electrons. The lowest BCUT2D eigenvalue weighted by Crippen LogP contribution is -2.36. The predicted molar refractivity (Wildman–Crippen MR) is 83.1 cm³/mol. The number of aliphatic hydroxyl groups is 1. The fourth-order valence-corrected chi connectivity index (χ4v) is 2.90. The number of aromatic amines is 1. The molecule has 1 aromatic carbocycles. The van der Waals surface area contributed by atoms with Crippen molar-refractivity contribution in [2.75, 3.05) is 13.6 Å². The van der Waals surface area contributed by atoms with Crippen LogP contribution in [0.2, 0.25) is 0 Å². The molecular formula is C17H22N2O2. The van der Waals surface area contributed by atoms with Crippen molar-refractivity contribution >= 4 is 16.8 Å². The lowest BCUT2D eigenvalue weighted by molar-refractivity contribution is -0.130. The second-order valence-electron chi connectivity index (χ2n) is 6.17. The summed E-state index contributed by atoms with van der Waals surface area (Å²) in [5.74, 6) is 0.453. The summed E-state index contributed by atoms with van der Waals surface area (Å²) in [7, 11) is 1.77. The highest BCUT2D eigenvalue weighted by Crippen LogP contribution is 2.32. The van der Waals surface area contributed by atoms with Gasteiger partial charge in [0.2, 0.25) is 5.91 Å². The van der Waals surface area contributed by atoms with Crippen LogP contribution in [0, 0.1) is 12.8 Å². The monoisotopic (exact) mass is 286 g/mol. The Labute approximate surface area is 124 Å². The van der Waals surface area contributed by atoms with Crippen LogP contribution in [-0.4, -0.2) is 40.6 Å². The van der Waals surface area contributed by atoms with Crippen LogP contribution in [-0.2, 0) is 11.2 Å². The number of fused-ring (bicyclic) bond motifs is 1. The maximum absolute atomic E-state index is 12.3. The Morgan fingerprint density at radius 3 is 2.95 bits per heavy atom. The third-order valence-corrected chi connectivity index (χ3v) is 4.39. The number of aliphatic hydroxyl groups excluding tert-OH is 1. The van der Waals surface area contributed by atoms with Crippen molar-refractivity contribution in [2.24, 2.45) is 5.92 Å². The zero-order valence-corrected chi connectivity index (χ0v) is 12.6. The topological polar surface area (TPSA) is 56.3 Å². The van der Waals surface area contributed by atoms with E-state index in [1.165, 1.54) is 5.56 Å². The zero-order chi connectivity index (χ0) is 15.0. The van der Waals surface area contributed by atoms with Gasteiger partial charge in [0.25, 0.3) is 0 Å². The number of aromatic nitrogens is 1. The average Bonchev–Trinajstić information content (AvgIpc) is 3.22. The van der Waals surface area contributed by atoms with Crippen LogP contribution in [0.4, 0.5) is 0 Å². The van der Waals surface area contributed by atoms with Crippen molar-refractivity contribution in [3.05, 3.63) is 35.5 Å². The normalized spacial score (nSPS) is 16.1. The van der Waals surface area contributed by atoms with Crippen molar-refractivity contribution < 1.29 is 9.90 Å². The van der Waals surface area contributed by atoms with Crippen LogP contribution < -0.4 is 0 Å². The Morgan fingerprint density at radius 1 is 1.48 bits per heavy atom. The summed E-state index contributed by atoms with van der Waals surface area (Å²) in [6.07, 6.45) is 4.10. The molecule has 4 nitrogen and oxygen atoms in total. The van der Waals surface area contributed by atoms with Crippen LogP contribution in [0.3, 0.4) is 0 Å². The number of amides is 1. The molecule has 0 spiro atoms. The number of hydrogen-bond donors (Lipinski definition) is 2. The van der Waals surface area contributed by atoms with E-state index in [0.717, 1.165) is 29.3 Å². The summed E-state index contributed by atoms with van der Waals surface area (Å²) in [6.45, 7) is 2.50. The van der Waals surface area contributed by atoms with E-state index in [1.54, 1.807) is 11.9 Å². The SMILES string of the molecule is Cc1cccc2[nH]cc(CC(=O)N(C)CC(O)C3CC3)c12. The number of carbonyl (C=O) groups excluding carboxylic acids is 1. The first-order valence-corrected chi connectivity index (χ1v) is 7.54. The summed E-state index contributed by atoms with van der Waals surface area (Å²) >= 11 is 0. The van der Waals surface area contributed by atoms with E-state index < -0.39 is 0 Å². The van der Waals surface area contributed by atoms with Gasteiger partial charge in [-0.3, -0.25) is 4.79 Å². The first-order valence-electron chi connectivity index (χ1n) is 7.54. The minimum Gasteiger partial charge on any atom is -0.391 e. The Balaban J connectivity index is 1.70. The lowest BCUT2D eigenvalue weighted by atomic mass is 10.0. The fraction of sp³-hybridized carbons (Fsp3) is 0.471. The summed E-state index contributed by atoms with van der Waals surface area (Å²) in [4.78, 5) is 17.2. The number of carbonyl (C=O) groups is 1. The molecule has 1 aliphatic rings. The molecule has 1 fully saturated rings. The largest absolute Gasteiger partial charge is 0.391 e. The number of hydrogen-bond acceptors (Lipinski definition) is 2. The number of benzene rings is 1. The Hall–Kier alpha value is -1.81. The molecule has 1 unspecified atom stereocenters. The minimum atomic E-state index is -0.372. The Kier molecular flexibility index (Phi) is 3.72. The maximum Gasteiger partial charge on any atom is 0.226 e. The summed E-state index contributed by atoms with van der Waals surface area (Å²) in [5, 5.41) is 11.1. The third kappa shape index (κ3) is 2.95. The minimum absolute atomic E-state index is 0.0545. The van der Waals surface area contributed by atoms with Gasteiger partial charge in [-0.2, -0.15) is 0 Å². The molecule has 2 N–H and O–H groups in total. The average molecular weight is 286 g/mol. The van der Waals surface area contributed by atoms with Gasteiger partial charge in [-0.15, -0.1) is 0 Å². The number of likely N-dealkylation sites (N-methyl/N-ethyl adjacent to an activating group) is 1. The van der Waals surface area contributed by atoms with E-state index in [9.17, 15) is 9.90 Å². The number of H-pyrrole nitrogens is 1. The number of nitrogens with zero attached hydrogens (tertiary/aromatic N) is 1. The first-order chi connectivity index (χ1) is 10.1.